The molecule has 0 unspecified atom stereocenters. The molecular formula is C20H20N2O2S. The predicted octanol–water partition coefficient (Wildman–Crippen LogP) is 4.69. The van der Waals surface area contributed by atoms with Crippen molar-refractivity contribution < 1.29 is 9.53 Å². The zero-order valence-electron chi connectivity index (χ0n) is 13.8. The van der Waals surface area contributed by atoms with Crippen LogP contribution in [0.3, 0.4) is 0 Å². The van der Waals surface area contributed by atoms with E-state index in [-0.39, 0.29) is 6.03 Å². The van der Waals surface area contributed by atoms with E-state index in [0.29, 0.717) is 18.8 Å². The van der Waals surface area contributed by atoms with Gasteiger partial charge in [-0.2, -0.15) is 0 Å². The zero-order chi connectivity index (χ0) is 17.3. The van der Waals surface area contributed by atoms with Gasteiger partial charge in [0.25, 0.3) is 0 Å². The molecule has 1 heterocycles. The lowest BCUT2D eigenvalue weighted by Crippen LogP contribution is -2.27. The van der Waals surface area contributed by atoms with Crippen LogP contribution >= 0.6 is 11.3 Å². The smallest absolute Gasteiger partial charge is 0.319 e. The van der Waals surface area contributed by atoms with Gasteiger partial charge in [-0.15, -0.1) is 11.3 Å². The number of carbonyl (C=O) groups excluding carboxylic acids is 1. The normalized spacial score (nSPS) is 10.2. The maximum Gasteiger partial charge on any atom is 0.319 e. The lowest BCUT2D eigenvalue weighted by Gasteiger charge is -2.10. The first kappa shape index (κ1) is 17.0. The van der Waals surface area contributed by atoms with Crippen molar-refractivity contribution >= 4 is 23.1 Å². The second kappa shape index (κ2) is 8.89. The maximum absolute atomic E-state index is 12.0. The number of carbonyl (C=O) groups is 1. The first-order chi connectivity index (χ1) is 12.3. The Balaban J connectivity index is 1.46. The van der Waals surface area contributed by atoms with Crippen molar-refractivity contribution in [1.82, 2.24) is 5.32 Å². The Morgan fingerprint density at radius 2 is 1.88 bits per heavy atom. The molecule has 4 nitrogen and oxygen atoms in total. The lowest BCUT2D eigenvalue weighted by molar-refractivity contribution is 0.252. The molecule has 0 aliphatic rings. The van der Waals surface area contributed by atoms with E-state index in [1.807, 2.05) is 60.0 Å². The van der Waals surface area contributed by atoms with Gasteiger partial charge in [-0.1, -0.05) is 42.5 Å². The fourth-order valence-corrected chi connectivity index (χ4v) is 3.00. The van der Waals surface area contributed by atoms with Crippen LogP contribution in [-0.4, -0.2) is 12.6 Å². The van der Waals surface area contributed by atoms with Gasteiger partial charge in [0.15, 0.2) is 0 Å². The third kappa shape index (κ3) is 5.65. The molecule has 0 bridgehead atoms. The molecule has 3 aromatic rings. The van der Waals surface area contributed by atoms with Gasteiger partial charge in [-0.3, -0.25) is 0 Å². The van der Waals surface area contributed by atoms with Gasteiger partial charge < -0.3 is 15.4 Å². The molecule has 0 atom stereocenters. The third-order valence-electron chi connectivity index (χ3n) is 3.60. The summed E-state index contributed by atoms with van der Waals surface area (Å²) in [7, 11) is 0. The quantitative estimate of drug-likeness (QED) is 0.648. The number of nitrogens with one attached hydrogen (secondary N) is 2. The number of urea groups is 1. The summed E-state index contributed by atoms with van der Waals surface area (Å²) in [6.07, 6.45) is 0.847. The van der Waals surface area contributed by atoms with E-state index in [1.165, 1.54) is 5.56 Å². The van der Waals surface area contributed by atoms with E-state index in [1.54, 1.807) is 11.3 Å². The average Bonchev–Trinajstić information content (AvgIpc) is 3.15. The van der Waals surface area contributed by atoms with Crippen molar-refractivity contribution in [3.8, 4) is 5.75 Å². The molecule has 0 fully saturated rings. The first-order valence-corrected chi connectivity index (χ1v) is 9.01. The van der Waals surface area contributed by atoms with Gasteiger partial charge in [0.1, 0.15) is 5.75 Å². The Hall–Kier alpha value is -2.79. The number of hydrogen-bond acceptors (Lipinski definition) is 3. The third-order valence-corrected chi connectivity index (χ3v) is 4.47. The SMILES string of the molecule is O=C(NCc1cccs1)Nc1cccc(OCCc2ccccc2)c1. The Kier molecular flexibility index (Phi) is 6.06. The summed E-state index contributed by atoms with van der Waals surface area (Å²) in [6, 6.07) is 21.4. The van der Waals surface area contributed by atoms with Crippen LogP contribution in [0.25, 0.3) is 0 Å². The summed E-state index contributed by atoms with van der Waals surface area (Å²) in [6.45, 7) is 1.12. The minimum Gasteiger partial charge on any atom is -0.493 e. The van der Waals surface area contributed by atoms with Gasteiger partial charge >= 0.3 is 6.03 Å². The summed E-state index contributed by atoms with van der Waals surface area (Å²) in [5.41, 5.74) is 1.95. The van der Waals surface area contributed by atoms with Crippen LogP contribution in [0.15, 0.2) is 72.1 Å². The molecule has 0 saturated heterocycles. The number of thiophene rings is 1. The summed E-state index contributed by atoms with van der Waals surface area (Å²) >= 11 is 1.62. The van der Waals surface area contributed by atoms with Crippen LogP contribution < -0.4 is 15.4 Å². The highest BCUT2D eigenvalue weighted by molar-refractivity contribution is 7.09. The van der Waals surface area contributed by atoms with E-state index in [2.05, 4.69) is 22.8 Å². The molecule has 128 valence electrons. The van der Waals surface area contributed by atoms with E-state index >= 15 is 0 Å². The molecule has 0 spiro atoms. The fraction of sp³-hybridized carbons (Fsp3) is 0.150. The average molecular weight is 352 g/mol. The van der Waals surface area contributed by atoms with Crippen LogP contribution in [0.1, 0.15) is 10.4 Å². The van der Waals surface area contributed by atoms with Crippen LogP contribution in [0, 0.1) is 0 Å². The number of rotatable bonds is 7. The number of benzene rings is 2. The van der Waals surface area contributed by atoms with Crippen molar-refractivity contribution in [3.05, 3.63) is 82.6 Å². The first-order valence-electron chi connectivity index (χ1n) is 8.13. The van der Waals surface area contributed by atoms with Crippen LogP contribution in [0.2, 0.25) is 0 Å². The minimum absolute atomic E-state index is 0.227. The molecule has 0 saturated carbocycles. The summed E-state index contributed by atoms with van der Waals surface area (Å²) in [5, 5.41) is 7.66. The van der Waals surface area contributed by atoms with E-state index < -0.39 is 0 Å². The predicted molar refractivity (Wildman–Crippen MR) is 102 cm³/mol. The molecule has 0 aliphatic heterocycles. The van der Waals surface area contributed by atoms with Crippen molar-refractivity contribution in [1.29, 1.82) is 0 Å². The molecule has 3 rings (SSSR count). The van der Waals surface area contributed by atoms with Gasteiger partial charge in [-0.05, 0) is 29.1 Å². The number of ether oxygens (including phenoxy) is 1. The van der Waals surface area contributed by atoms with Gasteiger partial charge in [0, 0.05) is 23.1 Å². The number of anilines is 1. The summed E-state index contributed by atoms with van der Waals surface area (Å²) in [4.78, 5) is 13.1. The Labute approximate surface area is 151 Å². The van der Waals surface area contributed by atoms with Crippen molar-refractivity contribution in [2.24, 2.45) is 0 Å². The molecule has 2 aromatic carbocycles. The maximum atomic E-state index is 12.0. The standard InChI is InChI=1S/C20H20N2O2S/c23-20(21-15-19-10-5-13-25-19)22-17-8-4-9-18(14-17)24-12-11-16-6-2-1-3-7-16/h1-10,13-14H,11-12,15H2,(H2,21,22,23). The second-order valence-corrected chi connectivity index (χ2v) is 6.53. The minimum atomic E-state index is -0.227. The fourth-order valence-electron chi connectivity index (χ4n) is 2.35. The molecule has 25 heavy (non-hydrogen) atoms. The van der Waals surface area contributed by atoms with Gasteiger partial charge in [-0.25, -0.2) is 4.79 Å². The Morgan fingerprint density at radius 3 is 2.68 bits per heavy atom. The van der Waals surface area contributed by atoms with E-state index in [9.17, 15) is 4.79 Å². The van der Waals surface area contributed by atoms with E-state index in [0.717, 1.165) is 17.0 Å². The molecule has 5 heteroatoms. The van der Waals surface area contributed by atoms with Gasteiger partial charge in [0.2, 0.25) is 0 Å². The largest absolute Gasteiger partial charge is 0.493 e. The highest BCUT2D eigenvalue weighted by Gasteiger charge is 2.04. The molecule has 2 amide bonds. The zero-order valence-corrected chi connectivity index (χ0v) is 14.6. The lowest BCUT2D eigenvalue weighted by atomic mass is 10.2. The highest BCUT2D eigenvalue weighted by Crippen LogP contribution is 2.18. The monoisotopic (exact) mass is 352 g/mol. The topological polar surface area (TPSA) is 50.4 Å². The number of hydrogen-bond donors (Lipinski definition) is 2. The summed E-state index contributed by atoms with van der Waals surface area (Å²) < 4.78 is 5.78. The van der Waals surface area contributed by atoms with Crippen LogP contribution in [-0.2, 0) is 13.0 Å². The Morgan fingerprint density at radius 1 is 1.00 bits per heavy atom. The van der Waals surface area contributed by atoms with Crippen molar-refractivity contribution in [2.75, 3.05) is 11.9 Å². The highest BCUT2D eigenvalue weighted by atomic mass is 32.1. The summed E-state index contributed by atoms with van der Waals surface area (Å²) in [5.74, 6) is 0.743. The molecule has 0 radical (unpaired) electrons. The van der Waals surface area contributed by atoms with Crippen LogP contribution in [0.5, 0.6) is 5.75 Å². The molecule has 0 aliphatic carbocycles. The van der Waals surface area contributed by atoms with E-state index in [4.69, 9.17) is 4.74 Å². The molecule has 1 aromatic heterocycles. The van der Waals surface area contributed by atoms with Crippen molar-refractivity contribution in [2.45, 2.75) is 13.0 Å². The Bertz CT molecular complexity index is 788. The number of amides is 2. The second-order valence-electron chi connectivity index (χ2n) is 5.50. The van der Waals surface area contributed by atoms with Gasteiger partial charge in [0.05, 0.1) is 13.2 Å². The van der Waals surface area contributed by atoms with Crippen LogP contribution in [0.4, 0.5) is 10.5 Å². The molecular weight excluding hydrogens is 332 g/mol. The molecule has 2 N–H and O–H groups in total. The van der Waals surface area contributed by atoms with Crippen molar-refractivity contribution in [3.63, 3.8) is 0 Å².